The van der Waals surface area contributed by atoms with Crippen molar-refractivity contribution in [2.45, 2.75) is 57.5 Å². The van der Waals surface area contributed by atoms with Crippen LogP contribution in [0.1, 0.15) is 45.4 Å². The molecule has 0 aromatic rings. The Labute approximate surface area is 113 Å². The third kappa shape index (κ3) is 4.22. The fourth-order valence-corrected chi connectivity index (χ4v) is 3.44. The molecule has 0 amide bonds. The van der Waals surface area contributed by atoms with E-state index in [-0.39, 0.29) is 0 Å². The van der Waals surface area contributed by atoms with Crippen LogP contribution in [0.15, 0.2) is 0 Å². The molecule has 2 aliphatic rings. The van der Waals surface area contributed by atoms with Crippen LogP contribution in [-0.4, -0.2) is 61.7 Å². The van der Waals surface area contributed by atoms with E-state index in [4.69, 9.17) is 0 Å². The highest BCUT2D eigenvalue weighted by atomic mass is 15.2. The quantitative estimate of drug-likeness (QED) is 0.780. The molecule has 2 atom stereocenters. The summed E-state index contributed by atoms with van der Waals surface area (Å²) in [5.41, 5.74) is 0. The number of nitrogens with zero attached hydrogens (tertiary/aromatic N) is 2. The Morgan fingerprint density at radius 2 is 2.11 bits per heavy atom. The molecule has 2 saturated heterocycles. The summed E-state index contributed by atoms with van der Waals surface area (Å²) < 4.78 is 0. The molecule has 3 heteroatoms. The first-order valence-corrected chi connectivity index (χ1v) is 7.95. The van der Waals surface area contributed by atoms with E-state index in [1.807, 2.05) is 0 Å². The normalized spacial score (nSPS) is 30.2. The smallest absolute Gasteiger partial charge is 0.0195 e. The molecule has 1 N–H and O–H groups in total. The molecule has 2 rings (SSSR count). The Kier molecular flexibility index (Phi) is 5.93. The molecule has 2 unspecified atom stereocenters. The van der Waals surface area contributed by atoms with Gasteiger partial charge in [-0.3, -0.25) is 0 Å². The minimum absolute atomic E-state index is 0.758. The van der Waals surface area contributed by atoms with Crippen molar-refractivity contribution in [3.05, 3.63) is 0 Å². The molecule has 18 heavy (non-hydrogen) atoms. The second-order valence-electron chi connectivity index (χ2n) is 6.11. The summed E-state index contributed by atoms with van der Waals surface area (Å²) in [5, 5.41) is 3.62. The van der Waals surface area contributed by atoms with E-state index in [1.165, 1.54) is 71.2 Å². The molecule has 0 aromatic heterocycles. The third-order valence-electron chi connectivity index (χ3n) is 4.79. The number of piperidine rings is 1. The van der Waals surface area contributed by atoms with E-state index < -0.39 is 0 Å². The van der Waals surface area contributed by atoms with Crippen LogP contribution < -0.4 is 5.32 Å². The van der Waals surface area contributed by atoms with Crippen LogP contribution in [0.3, 0.4) is 0 Å². The van der Waals surface area contributed by atoms with Crippen molar-refractivity contribution in [3.8, 4) is 0 Å². The van der Waals surface area contributed by atoms with Gasteiger partial charge >= 0.3 is 0 Å². The van der Waals surface area contributed by atoms with Gasteiger partial charge in [0.1, 0.15) is 0 Å². The highest BCUT2D eigenvalue weighted by Gasteiger charge is 2.21. The van der Waals surface area contributed by atoms with Gasteiger partial charge in [0.05, 0.1) is 0 Å². The Bertz CT molecular complexity index is 226. The minimum Gasteiger partial charge on any atom is -0.313 e. The molecule has 106 valence electrons. The van der Waals surface area contributed by atoms with E-state index in [0.717, 1.165) is 12.1 Å². The van der Waals surface area contributed by atoms with E-state index in [0.29, 0.717) is 0 Å². The van der Waals surface area contributed by atoms with Gasteiger partial charge in [0.15, 0.2) is 0 Å². The first kappa shape index (κ1) is 14.3. The summed E-state index contributed by atoms with van der Waals surface area (Å²) >= 11 is 0. The van der Waals surface area contributed by atoms with Crippen LogP contribution in [0.2, 0.25) is 0 Å². The summed E-state index contributed by atoms with van der Waals surface area (Å²) in [6.45, 7) is 8.58. The molecule has 2 fully saturated rings. The predicted octanol–water partition coefficient (Wildman–Crippen LogP) is 1.93. The number of hydrogen-bond acceptors (Lipinski definition) is 3. The van der Waals surface area contributed by atoms with Crippen LogP contribution in [0.25, 0.3) is 0 Å². The zero-order chi connectivity index (χ0) is 12.8. The summed E-state index contributed by atoms with van der Waals surface area (Å²) in [4.78, 5) is 5.22. The van der Waals surface area contributed by atoms with Gasteiger partial charge in [-0.15, -0.1) is 0 Å². The zero-order valence-electron chi connectivity index (χ0n) is 12.3. The highest BCUT2D eigenvalue weighted by Crippen LogP contribution is 2.18. The predicted molar refractivity (Wildman–Crippen MR) is 78.0 cm³/mol. The monoisotopic (exact) mass is 253 g/mol. The maximum atomic E-state index is 3.62. The van der Waals surface area contributed by atoms with E-state index in [2.05, 4.69) is 29.1 Å². The number of rotatable bonds is 6. The van der Waals surface area contributed by atoms with E-state index >= 15 is 0 Å². The number of likely N-dealkylation sites (tertiary alicyclic amines) is 1. The Morgan fingerprint density at radius 1 is 1.22 bits per heavy atom. The van der Waals surface area contributed by atoms with Gasteiger partial charge in [0.25, 0.3) is 0 Å². The molecule has 0 radical (unpaired) electrons. The minimum atomic E-state index is 0.758. The first-order chi connectivity index (χ1) is 8.79. The Balaban J connectivity index is 1.68. The van der Waals surface area contributed by atoms with Crippen LogP contribution in [0.5, 0.6) is 0 Å². The van der Waals surface area contributed by atoms with Crippen LogP contribution in [0.4, 0.5) is 0 Å². The fourth-order valence-electron chi connectivity index (χ4n) is 3.44. The van der Waals surface area contributed by atoms with E-state index in [9.17, 15) is 0 Å². The molecular weight excluding hydrogens is 222 g/mol. The second kappa shape index (κ2) is 7.46. The van der Waals surface area contributed by atoms with Gasteiger partial charge in [-0.1, -0.05) is 13.3 Å². The Hall–Kier alpha value is -0.120. The van der Waals surface area contributed by atoms with Crippen molar-refractivity contribution >= 4 is 0 Å². The SMILES string of the molecule is CCN(CCC1CCCCN1C)CC1CCCN1. The molecule has 2 aliphatic heterocycles. The van der Waals surface area contributed by atoms with Crippen molar-refractivity contribution in [2.24, 2.45) is 0 Å². The molecule has 0 aromatic carbocycles. The van der Waals surface area contributed by atoms with Gasteiger partial charge in [0, 0.05) is 18.6 Å². The lowest BCUT2D eigenvalue weighted by molar-refractivity contribution is 0.152. The number of likely N-dealkylation sites (N-methyl/N-ethyl adjacent to an activating group) is 1. The zero-order valence-corrected chi connectivity index (χ0v) is 12.3. The molecule has 0 bridgehead atoms. The first-order valence-electron chi connectivity index (χ1n) is 7.95. The fraction of sp³-hybridized carbons (Fsp3) is 1.00. The third-order valence-corrected chi connectivity index (χ3v) is 4.79. The molecular formula is C15H31N3. The molecule has 0 spiro atoms. The van der Waals surface area contributed by atoms with E-state index in [1.54, 1.807) is 0 Å². The van der Waals surface area contributed by atoms with Gasteiger partial charge < -0.3 is 15.1 Å². The van der Waals surface area contributed by atoms with Gasteiger partial charge in [-0.25, -0.2) is 0 Å². The summed E-state index contributed by atoms with van der Waals surface area (Å²) in [7, 11) is 2.30. The van der Waals surface area contributed by atoms with Crippen LogP contribution >= 0.6 is 0 Å². The van der Waals surface area contributed by atoms with Gasteiger partial charge in [-0.2, -0.15) is 0 Å². The lowest BCUT2D eigenvalue weighted by Crippen LogP contribution is -2.42. The molecule has 2 heterocycles. The Morgan fingerprint density at radius 3 is 2.78 bits per heavy atom. The van der Waals surface area contributed by atoms with Crippen molar-refractivity contribution in [1.82, 2.24) is 15.1 Å². The summed E-state index contributed by atoms with van der Waals surface area (Å²) in [5.74, 6) is 0. The maximum Gasteiger partial charge on any atom is 0.0195 e. The topological polar surface area (TPSA) is 18.5 Å². The molecule has 0 aliphatic carbocycles. The van der Waals surface area contributed by atoms with Gasteiger partial charge in [0.2, 0.25) is 0 Å². The second-order valence-corrected chi connectivity index (χ2v) is 6.11. The van der Waals surface area contributed by atoms with Crippen LogP contribution in [0, 0.1) is 0 Å². The molecule has 0 saturated carbocycles. The average molecular weight is 253 g/mol. The number of hydrogen-bond donors (Lipinski definition) is 1. The molecule has 3 nitrogen and oxygen atoms in total. The standard InChI is InChI=1S/C15H31N3/c1-3-18(13-14-7-6-10-16-14)12-9-15-8-4-5-11-17(15)2/h14-16H,3-13H2,1-2H3. The largest absolute Gasteiger partial charge is 0.313 e. The summed E-state index contributed by atoms with van der Waals surface area (Å²) in [6, 6.07) is 1.60. The maximum absolute atomic E-state index is 3.62. The average Bonchev–Trinajstić information content (AvgIpc) is 2.89. The van der Waals surface area contributed by atoms with Crippen molar-refractivity contribution < 1.29 is 0 Å². The lowest BCUT2D eigenvalue weighted by atomic mass is 10.00. The lowest BCUT2D eigenvalue weighted by Gasteiger charge is -2.34. The highest BCUT2D eigenvalue weighted by molar-refractivity contribution is 4.80. The van der Waals surface area contributed by atoms with Crippen molar-refractivity contribution in [2.75, 3.05) is 39.8 Å². The number of nitrogens with one attached hydrogen (secondary N) is 1. The van der Waals surface area contributed by atoms with Crippen LogP contribution in [-0.2, 0) is 0 Å². The van der Waals surface area contributed by atoms with Gasteiger partial charge in [-0.05, 0) is 65.3 Å². The van der Waals surface area contributed by atoms with Crippen molar-refractivity contribution in [3.63, 3.8) is 0 Å². The summed E-state index contributed by atoms with van der Waals surface area (Å²) in [6.07, 6.45) is 8.35. The van der Waals surface area contributed by atoms with Crippen molar-refractivity contribution in [1.29, 1.82) is 0 Å².